The van der Waals surface area contributed by atoms with E-state index in [0.29, 0.717) is 0 Å². The van der Waals surface area contributed by atoms with Crippen LogP contribution in [0, 0.1) is 15.9 Å². The van der Waals surface area contributed by atoms with Crippen LogP contribution in [0.25, 0.3) is 0 Å². The van der Waals surface area contributed by atoms with Gasteiger partial charge in [-0.2, -0.15) is 0 Å². The number of hydrogen-bond acceptors (Lipinski definition) is 5. The molecule has 0 heterocycles. The fourth-order valence-electron chi connectivity index (χ4n) is 1.55. The summed E-state index contributed by atoms with van der Waals surface area (Å²) in [6.07, 6.45) is -0.617. The van der Waals surface area contributed by atoms with Gasteiger partial charge in [0, 0.05) is 17.6 Å². The monoisotopic (exact) mass is 271 g/mol. The Hall–Kier alpha value is -2.02. The Kier molecular flexibility index (Phi) is 5.37. The summed E-state index contributed by atoms with van der Waals surface area (Å²) in [4.78, 5) is 21.9. The van der Waals surface area contributed by atoms with Crippen molar-refractivity contribution in [3.63, 3.8) is 0 Å². The van der Waals surface area contributed by atoms with E-state index in [1.807, 2.05) is 0 Å². The summed E-state index contributed by atoms with van der Waals surface area (Å²) < 4.78 is 22.7. The number of nitro groups is 1. The van der Waals surface area contributed by atoms with Crippen molar-refractivity contribution in [1.29, 1.82) is 0 Å². The van der Waals surface area contributed by atoms with Gasteiger partial charge in [-0.3, -0.25) is 10.1 Å². The lowest BCUT2D eigenvalue weighted by Crippen LogP contribution is -2.28. The fraction of sp³-hybridized carbons (Fsp3) is 0.417. The summed E-state index contributed by atoms with van der Waals surface area (Å²) in [5, 5.41) is 10.9. The quantitative estimate of drug-likeness (QED) is 0.447. The average Bonchev–Trinajstić information content (AvgIpc) is 2.28. The predicted octanol–water partition coefficient (Wildman–Crippen LogP) is 1.72. The van der Waals surface area contributed by atoms with E-state index < -0.39 is 28.9 Å². The minimum Gasteiger partial charge on any atom is -0.455 e. The molecule has 7 heteroatoms. The van der Waals surface area contributed by atoms with Crippen molar-refractivity contribution in [1.82, 2.24) is 0 Å². The SMILES string of the molecule is COCC(C)OC(=O)C(c1cccc(F)c1)[N+](=O)[O-]. The molecule has 0 aliphatic rings. The minimum atomic E-state index is -1.74. The van der Waals surface area contributed by atoms with Crippen LogP contribution in [0.4, 0.5) is 4.39 Å². The Morgan fingerprint density at radius 2 is 2.21 bits per heavy atom. The van der Waals surface area contributed by atoms with Gasteiger partial charge in [0.2, 0.25) is 0 Å². The molecule has 1 rings (SSSR count). The summed E-state index contributed by atoms with van der Waals surface area (Å²) in [7, 11) is 1.42. The molecule has 1 aromatic rings. The third-order valence-corrected chi connectivity index (χ3v) is 2.32. The molecule has 0 saturated carbocycles. The van der Waals surface area contributed by atoms with Crippen LogP contribution in [0.5, 0.6) is 0 Å². The van der Waals surface area contributed by atoms with Gasteiger partial charge in [0.15, 0.2) is 0 Å². The molecule has 0 amide bonds. The molecule has 0 saturated heterocycles. The number of carbonyl (C=O) groups excluding carboxylic acids is 1. The average molecular weight is 271 g/mol. The van der Waals surface area contributed by atoms with Crippen LogP contribution in [-0.2, 0) is 14.3 Å². The van der Waals surface area contributed by atoms with E-state index in [4.69, 9.17) is 9.47 Å². The van der Waals surface area contributed by atoms with Crippen LogP contribution in [0.15, 0.2) is 24.3 Å². The molecule has 0 fully saturated rings. The maximum absolute atomic E-state index is 13.0. The summed E-state index contributed by atoms with van der Waals surface area (Å²) in [6.45, 7) is 1.67. The maximum atomic E-state index is 13.0. The number of halogens is 1. The van der Waals surface area contributed by atoms with Gasteiger partial charge >= 0.3 is 12.0 Å². The molecule has 0 aliphatic carbocycles. The Morgan fingerprint density at radius 1 is 1.53 bits per heavy atom. The maximum Gasteiger partial charge on any atom is 0.387 e. The van der Waals surface area contributed by atoms with Gasteiger partial charge in [-0.1, -0.05) is 12.1 Å². The zero-order valence-corrected chi connectivity index (χ0v) is 10.5. The molecule has 2 atom stereocenters. The Morgan fingerprint density at radius 3 is 2.74 bits per heavy atom. The summed E-state index contributed by atoms with van der Waals surface area (Å²) in [6, 6.07) is 2.94. The second-order valence-corrected chi connectivity index (χ2v) is 3.95. The highest BCUT2D eigenvalue weighted by atomic mass is 19.1. The van der Waals surface area contributed by atoms with Crippen molar-refractivity contribution in [2.75, 3.05) is 13.7 Å². The number of nitrogens with zero attached hydrogens (tertiary/aromatic N) is 1. The van der Waals surface area contributed by atoms with Crippen molar-refractivity contribution in [2.45, 2.75) is 19.1 Å². The molecule has 6 nitrogen and oxygen atoms in total. The van der Waals surface area contributed by atoms with E-state index >= 15 is 0 Å². The van der Waals surface area contributed by atoms with Gasteiger partial charge < -0.3 is 9.47 Å². The second kappa shape index (κ2) is 6.79. The molecule has 0 aromatic heterocycles. The van der Waals surface area contributed by atoms with Gasteiger partial charge in [-0.15, -0.1) is 0 Å². The standard InChI is InChI=1S/C12H14FNO5/c1-8(7-18-2)19-12(15)11(14(16)17)9-4-3-5-10(13)6-9/h3-6,8,11H,7H2,1-2H3. The second-order valence-electron chi connectivity index (χ2n) is 3.95. The van der Waals surface area contributed by atoms with E-state index in [0.717, 1.165) is 12.1 Å². The van der Waals surface area contributed by atoms with Crippen molar-refractivity contribution in [3.8, 4) is 0 Å². The normalized spacial score (nSPS) is 13.6. The number of benzene rings is 1. The van der Waals surface area contributed by atoms with E-state index in [9.17, 15) is 19.3 Å². The lowest BCUT2D eigenvalue weighted by Gasteiger charge is -2.14. The van der Waals surface area contributed by atoms with Crippen molar-refractivity contribution in [3.05, 3.63) is 45.8 Å². The van der Waals surface area contributed by atoms with Gasteiger partial charge in [-0.05, 0) is 19.1 Å². The molecule has 1 aromatic carbocycles. The van der Waals surface area contributed by atoms with Gasteiger partial charge in [-0.25, -0.2) is 9.18 Å². The zero-order valence-electron chi connectivity index (χ0n) is 10.5. The summed E-state index contributed by atoms with van der Waals surface area (Å²) in [5.41, 5.74) is -0.0559. The lowest BCUT2D eigenvalue weighted by atomic mass is 10.1. The van der Waals surface area contributed by atoms with E-state index in [1.54, 1.807) is 6.92 Å². The van der Waals surface area contributed by atoms with Crippen LogP contribution in [0.2, 0.25) is 0 Å². The molecule has 0 radical (unpaired) electrons. The van der Waals surface area contributed by atoms with E-state index in [-0.39, 0.29) is 12.2 Å². The Bertz CT molecular complexity index is 465. The first-order valence-corrected chi connectivity index (χ1v) is 5.54. The molecule has 0 aliphatic heterocycles. The van der Waals surface area contributed by atoms with Crippen LogP contribution >= 0.6 is 0 Å². The number of hydrogen-bond donors (Lipinski definition) is 0. The fourth-order valence-corrected chi connectivity index (χ4v) is 1.55. The molecular weight excluding hydrogens is 257 g/mol. The molecule has 104 valence electrons. The minimum absolute atomic E-state index is 0.0559. The first kappa shape index (κ1) is 15.0. The van der Waals surface area contributed by atoms with Gasteiger partial charge in [0.05, 0.1) is 6.61 Å². The first-order chi connectivity index (χ1) is 8.95. The van der Waals surface area contributed by atoms with Crippen molar-refractivity contribution < 1.29 is 23.6 Å². The van der Waals surface area contributed by atoms with Crippen LogP contribution < -0.4 is 0 Å². The van der Waals surface area contributed by atoms with E-state index in [1.165, 1.54) is 19.2 Å². The topological polar surface area (TPSA) is 78.7 Å². The predicted molar refractivity (Wildman–Crippen MR) is 63.6 cm³/mol. The number of carbonyl (C=O) groups is 1. The van der Waals surface area contributed by atoms with Crippen LogP contribution in [0.1, 0.15) is 18.5 Å². The number of rotatable bonds is 6. The lowest BCUT2D eigenvalue weighted by molar-refractivity contribution is -0.516. The summed E-state index contributed by atoms with van der Waals surface area (Å²) >= 11 is 0. The van der Waals surface area contributed by atoms with E-state index in [2.05, 4.69) is 0 Å². The summed E-state index contributed by atoms with van der Waals surface area (Å²) in [5.74, 6) is -1.69. The third kappa shape index (κ3) is 4.29. The molecule has 0 spiro atoms. The number of methoxy groups -OCH3 is 1. The zero-order chi connectivity index (χ0) is 14.4. The highest BCUT2D eigenvalue weighted by Crippen LogP contribution is 2.20. The number of esters is 1. The van der Waals surface area contributed by atoms with Crippen molar-refractivity contribution >= 4 is 5.97 Å². The first-order valence-electron chi connectivity index (χ1n) is 5.54. The van der Waals surface area contributed by atoms with Crippen molar-refractivity contribution in [2.24, 2.45) is 0 Å². The number of ether oxygens (including phenoxy) is 2. The third-order valence-electron chi connectivity index (χ3n) is 2.32. The van der Waals surface area contributed by atoms with Crippen LogP contribution in [-0.4, -0.2) is 30.7 Å². The molecule has 0 N–H and O–H groups in total. The highest BCUT2D eigenvalue weighted by molar-refractivity contribution is 5.76. The van der Waals surface area contributed by atoms with Crippen LogP contribution in [0.3, 0.4) is 0 Å². The smallest absolute Gasteiger partial charge is 0.387 e. The molecule has 0 bridgehead atoms. The Labute approximate surface area is 109 Å². The highest BCUT2D eigenvalue weighted by Gasteiger charge is 2.34. The Balaban J connectivity index is 2.89. The van der Waals surface area contributed by atoms with Gasteiger partial charge in [0.1, 0.15) is 11.9 Å². The van der Waals surface area contributed by atoms with Gasteiger partial charge in [0.25, 0.3) is 0 Å². The molecule has 19 heavy (non-hydrogen) atoms. The largest absolute Gasteiger partial charge is 0.455 e. The molecule has 2 unspecified atom stereocenters. The molecular formula is C12H14FNO5.